The molecule has 0 rings (SSSR count). The number of nitrogens with zero attached hydrogens (tertiary/aromatic N) is 1. The van der Waals surface area contributed by atoms with Crippen molar-refractivity contribution in [3.8, 4) is 0 Å². The van der Waals surface area contributed by atoms with Crippen LogP contribution < -0.4 is 5.73 Å². The zero-order valence-corrected chi connectivity index (χ0v) is 11.1. The van der Waals surface area contributed by atoms with Gasteiger partial charge in [-0.15, -0.1) is 6.58 Å². The fraction of sp³-hybridized carbons (Fsp3) is 0.769. The lowest BCUT2D eigenvalue weighted by Crippen LogP contribution is -2.45. The van der Waals surface area contributed by atoms with E-state index in [1.807, 2.05) is 25.7 Å². The van der Waals surface area contributed by atoms with Crippen molar-refractivity contribution in [2.24, 2.45) is 11.7 Å². The van der Waals surface area contributed by atoms with Crippen molar-refractivity contribution in [1.82, 2.24) is 4.90 Å². The molecule has 2 N–H and O–H groups in total. The first-order valence-electron chi connectivity index (χ1n) is 5.94. The van der Waals surface area contributed by atoms with Gasteiger partial charge < -0.3 is 10.6 Å². The number of nitrogens with two attached hydrogens (primary N) is 1. The van der Waals surface area contributed by atoms with E-state index < -0.39 is 0 Å². The van der Waals surface area contributed by atoms with Crippen molar-refractivity contribution in [3.63, 3.8) is 0 Å². The fourth-order valence-electron chi connectivity index (χ4n) is 1.50. The Morgan fingerprint density at radius 2 is 2.06 bits per heavy atom. The molecule has 0 heterocycles. The van der Waals surface area contributed by atoms with Crippen LogP contribution in [0.2, 0.25) is 0 Å². The molecule has 3 nitrogen and oxygen atoms in total. The Kier molecular flexibility index (Phi) is 6.34. The molecule has 3 heteroatoms. The second-order valence-electron chi connectivity index (χ2n) is 5.34. The molecular formula is C13H26N2O. The van der Waals surface area contributed by atoms with E-state index in [4.69, 9.17) is 5.73 Å². The van der Waals surface area contributed by atoms with Crippen molar-refractivity contribution in [2.45, 2.75) is 46.1 Å². The Morgan fingerprint density at radius 3 is 2.44 bits per heavy atom. The van der Waals surface area contributed by atoms with E-state index in [0.29, 0.717) is 25.4 Å². The average Bonchev–Trinajstić information content (AvgIpc) is 2.20. The molecule has 0 aromatic rings. The van der Waals surface area contributed by atoms with Gasteiger partial charge in [0, 0.05) is 18.5 Å². The minimum absolute atomic E-state index is 0.142. The summed E-state index contributed by atoms with van der Waals surface area (Å²) in [4.78, 5) is 13.9. The lowest BCUT2D eigenvalue weighted by molar-refractivity contribution is -0.135. The minimum atomic E-state index is -0.142. The number of carbonyl (C=O) groups is 1. The third kappa shape index (κ3) is 5.31. The summed E-state index contributed by atoms with van der Waals surface area (Å²) in [7, 11) is 0. The van der Waals surface area contributed by atoms with Crippen LogP contribution in [-0.2, 0) is 4.79 Å². The van der Waals surface area contributed by atoms with Gasteiger partial charge in [-0.05, 0) is 39.7 Å². The SMILES string of the molecule is C=CCN(C(=O)CCC(C)CN)C(C)(C)C. The Morgan fingerprint density at radius 1 is 1.50 bits per heavy atom. The van der Waals surface area contributed by atoms with Gasteiger partial charge in [-0.2, -0.15) is 0 Å². The monoisotopic (exact) mass is 226 g/mol. The second kappa shape index (κ2) is 6.69. The van der Waals surface area contributed by atoms with E-state index in [1.54, 1.807) is 6.08 Å². The first-order chi connectivity index (χ1) is 7.32. The normalized spacial score (nSPS) is 13.3. The largest absolute Gasteiger partial charge is 0.334 e. The van der Waals surface area contributed by atoms with E-state index in [9.17, 15) is 4.79 Å². The molecule has 0 saturated heterocycles. The van der Waals surface area contributed by atoms with Crippen LogP contribution in [0.3, 0.4) is 0 Å². The summed E-state index contributed by atoms with van der Waals surface area (Å²) in [5, 5.41) is 0. The highest BCUT2D eigenvalue weighted by Gasteiger charge is 2.24. The fourth-order valence-corrected chi connectivity index (χ4v) is 1.50. The summed E-state index contributed by atoms with van der Waals surface area (Å²) in [6.07, 6.45) is 3.21. The third-order valence-corrected chi connectivity index (χ3v) is 2.68. The lowest BCUT2D eigenvalue weighted by Gasteiger charge is -2.35. The average molecular weight is 226 g/mol. The third-order valence-electron chi connectivity index (χ3n) is 2.68. The van der Waals surface area contributed by atoms with Crippen LogP contribution in [0.5, 0.6) is 0 Å². The molecule has 0 spiro atoms. The van der Waals surface area contributed by atoms with E-state index in [1.165, 1.54) is 0 Å². The first-order valence-corrected chi connectivity index (χ1v) is 5.94. The molecule has 0 radical (unpaired) electrons. The van der Waals surface area contributed by atoms with Crippen LogP contribution in [-0.4, -0.2) is 29.4 Å². The van der Waals surface area contributed by atoms with Crippen LogP contribution in [0.15, 0.2) is 12.7 Å². The highest BCUT2D eigenvalue weighted by atomic mass is 16.2. The molecule has 1 unspecified atom stereocenters. The van der Waals surface area contributed by atoms with Gasteiger partial charge >= 0.3 is 0 Å². The summed E-state index contributed by atoms with van der Waals surface area (Å²) >= 11 is 0. The minimum Gasteiger partial charge on any atom is -0.334 e. The van der Waals surface area contributed by atoms with Gasteiger partial charge in [0.15, 0.2) is 0 Å². The zero-order chi connectivity index (χ0) is 12.8. The molecule has 0 aliphatic heterocycles. The zero-order valence-electron chi connectivity index (χ0n) is 11.1. The van der Waals surface area contributed by atoms with Crippen LogP contribution >= 0.6 is 0 Å². The predicted octanol–water partition coefficient (Wildman–Crippen LogP) is 2.17. The molecule has 0 bridgehead atoms. The van der Waals surface area contributed by atoms with E-state index >= 15 is 0 Å². The Bertz CT molecular complexity index is 231. The smallest absolute Gasteiger partial charge is 0.223 e. The second-order valence-corrected chi connectivity index (χ2v) is 5.34. The molecule has 0 aromatic carbocycles. The number of hydrogen-bond donors (Lipinski definition) is 1. The van der Waals surface area contributed by atoms with E-state index in [0.717, 1.165) is 6.42 Å². The van der Waals surface area contributed by atoms with Gasteiger partial charge in [0.05, 0.1) is 0 Å². The van der Waals surface area contributed by atoms with Crippen LogP contribution in [0.25, 0.3) is 0 Å². The Hall–Kier alpha value is -0.830. The maximum absolute atomic E-state index is 12.0. The maximum Gasteiger partial charge on any atom is 0.223 e. The summed E-state index contributed by atoms with van der Waals surface area (Å²) in [5.74, 6) is 0.599. The molecule has 0 fully saturated rings. The number of hydrogen-bond acceptors (Lipinski definition) is 2. The van der Waals surface area contributed by atoms with Gasteiger partial charge in [-0.3, -0.25) is 4.79 Å². The van der Waals surface area contributed by atoms with Gasteiger partial charge in [0.2, 0.25) is 5.91 Å². The van der Waals surface area contributed by atoms with E-state index in [-0.39, 0.29) is 11.4 Å². The molecule has 0 aliphatic carbocycles. The molecule has 1 amide bonds. The van der Waals surface area contributed by atoms with Crippen LogP contribution in [0.4, 0.5) is 0 Å². The lowest BCUT2D eigenvalue weighted by atomic mass is 10.0. The Labute approximate surface area is 99.7 Å². The van der Waals surface area contributed by atoms with Crippen molar-refractivity contribution in [1.29, 1.82) is 0 Å². The van der Waals surface area contributed by atoms with Crippen molar-refractivity contribution in [2.75, 3.05) is 13.1 Å². The summed E-state index contributed by atoms with van der Waals surface area (Å²) in [6.45, 7) is 13.1. The predicted molar refractivity (Wildman–Crippen MR) is 69.1 cm³/mol. The molecule has 0 saturated carbocycles. The highest BCUT2D eigenvalue weighted by molar-refractivity contribution is 5.77. The highest BCUT2D eigenvalue weighted by Crippen LogP contribution is 2.16. The van der Waals surface area contributed by atoms with Crippen molar-refractivity contribution < 1.29 is 4.79 Å². The Balaban J connectivity index is 4.34. The number of rotatable bonds is 6. The van der Waals surface area contributed by atoms with Gasteiger partial charge in [0.25, 0.3) is 0 Å². The quantitative estimate of drug-likeness (QED) is 0.706. The molecule has 16 heavy (non-hydrogen) atoms. The topological polar surface area (TPSA) is 46.3 Å². The van der Waals surface area contributed by atoms with Crippen molar-refractivity contribution in [3.05, 3.63) is 12.7 Å². The summed E-state index contributed by atoms with van der Waals surface area (Å²) < 4.78 is 0. The van der Waals surface area contributed by atoms with Crippen LogP contribution in [0.1, 0.15) is 40.5 Å². The van der Waals surface area contributed by atoms with Gasteiger partial charge in [0.1, 0.15) is 0 Å². The van der Waals surface area contributed by atoms with Gasteiger partial charge in [-0.1, -0.05) is 13.0 Å². The van der Waals surface area contributed by atoms with Crippen molar-refractivity contribution >= 4 is 5.91 Å². The first kappa shape index (κ1) is 15.2. The summed E-state index contributed by atoms with van der Waals surface area (Å²) in [5.41, 5.74) is 5.40. The standard InChI is InChI=1S/C13H26N2O/c1-6-9-15(13(3,4)5)12(16)8-7-11(2)10-14/h6,11H,1,7-10,14H2,2-5H3. The maximum atomic E-state index is 12.0. The van der Waals surface area contributed by atoms with Crippen LogP contribution in [0, 0.1) is 5.92 Å². The van der Waals surface area contributed by atoms with E-state index in [2.05, 4.69) is 13.5 Å². The summed E-state index contributed by atoms with van der Waals surface area (Å²) in [6, 6.07) is 0. The molecule has 0 aromatic heterocycles. The molecular weight excluding hydrogens is 200 g/mol. The van der Waals surface area contributed by atoms with Gasteiger partial charge in [-0.25, -0.2) is 0 Å². The molecule has 0 aliphatic rings. The number of amides is 1. The molecule has 94 valence electrons. The number of carbonyl (C=O) groups excluding carboxylic acids is 1. The molecule has 1 atom stereocenters.